The summed E-state index contributed by atoms with van der Waals surface area (Å²) in [6.45, 7) is 5.16. The van der Waals surface area contributed by atoms with E-state index in [1.54, 1.807) is 24.1 Å². The lowest BCUT2D eigenvalue weighted by atomic mass is 9.93. The zero-order valence-electron chi connectivity index (χ0n) is 11.5. The van der Waals surface area contributed by atoms with E-state index in [1.807, 2.05) is 13.8 Å². The number of carbonyl (C=O) groups is 1. The van der Waals surface area contributed by atoms with Gasteiger partial charge in [0, 0.05) is 13.6 Å². The zero-order valence-corrected chi connectivity index (χ0v) is 13.1. The first-order valence-electron chi connectivity index (χ1n) is 6.13. The fourth-order valence-electron chi connectivity index (χ4n) is 1.75. The summed E-state index contributed by atoms with van der Waals surface area (Å²) in [6, 6.07) is 4.62. The minimum Gasteiger partial charge on any atom is -0.345 e. The molecule has 2 N–H and O–H groups in total. The second-order valence-electron chi connectivity index (χ2n) is 5.54. The second-order valence-corrected chi connectivity index (χ2v) is 6.40. The molecule has 0 unspecified atom stereocenters. The Morgan fingerprint density at radius 2 is 2.11 bits per heavy atom. The van der Waals surface area contributed by atoms with Crippen LogP contribution in [0.15, 0.2) is 22.7 Å². The average molecular weight is 331 g/mol. The number of hydrogen-bond acceptors (Lipinski definition) is 2. The number of amides is 1. The average Bonchev–Trinajstić information content (AvgIpc) is 2.33. The van der Waals surface area contributed by atoms with E-state index in [-0.39, 0.29) is 23.6 Å². The normalized spacial score (nSPS) is 11.5. The van der Waals surface area contributed by atoms with Crippen molar-refractivity contribution in [2.45, 2.75) is 20.3 Å². The van der Waals surface area contributed by atoms with Gasteiger partial charge in [-0.2, -0.15) is 0 Å². The van der Waals surface area contributed by atoms with Gasteiger partial charge >= 0.3 is 0 Å². The lowest BCUT2D eigenvalue weighted by Crippen LogP contribution is -2.40. The Kier molecular flexibility index (Phi) is 5.50. The predicted molar refractivity (Wildman–Crippen MR) is 78.3 cm³/mol. The van der Waals surface area contributed by atoms with Gasteiger partial charge in [-0.25, -0.2) is 4.39 Å². The lowest BCUT2D eigenvalue weighted by molar-refractivity contribution is -0.130. The maximum atomic E-state index is 13.1. The van der Waals surface area contributed by atoms with Crippen molar-refractivity contribution in [3.63, 3.8) is 0 Å². The molecule has 0 bridgehead atoms. The van der Waals surface area contributed by atoms with Crippen LogP contribution < -0.4 is 5.73 Å². The molecule has 1 rings (SSSR count). The van der Waals surface area contributed by atoms with Gasteiger partial charge in [-0.15, -0.1) is 0 Å². The molecule has 1 aromatic carbocycles. The van der Waals surface area contributed by atoms with Crippen LogP contribution in [-0.4, -0.2) is 30.9 Å². The minimum absolute atomic E-state index is 0.0000307. The summed E-state index contributed by atoms with van der Waals surface area (Å²) in [5.74, 6) is -0.325. The highest BCUT2D eigenvalue weighted by atomic mass is 79.9. The van der Waals surface area contributed by atoms with Crippen molar-refractivity contribution in [2.75, 3.05) is 20.1 Å². The first-order valence-corrected chi connectivity index (χ1v) is 6.92. The van der Waals surface area contributed by atoms with Crippen molar-refractivity contribution in [2.24, 2.45) is 11.1 Å². The molecule has 0 aliphatic rings. The summed E-state index contributed by atoms with van der Waals surface area (Å²) < 4.78 is 13.5. The Hall–Kier alpha value is -0.940. The van der Waals surface area contributed by atoms with E-state index in [1.165, 1.54) is 6.07 Å². The predicted octanol–water partition coefficient (Wildman–Crippen LogP) is 2.57. The van der Waals surface area contributed by atoms with Gasteiger partial charge in [-0.1, -0.05) is 19.9 Å². The molecule has 1 amide bonds. The highest BCUT2D eigenvalue weighted by molar-refractivity contribution is 9.10. The second kappa shape index (κ2) is 6.48. The Balaban J connectivity index is 2.66. The highest BCUT2D eigenvalue weighted by Crippen LogP contribution is 2.18. The monoisotopic (exact) mass is 330 g/mol. The highest BCUT2D eigenvalue weighted by Gasteiger charge is 2.21. The molecule has 0 atom stereocenters. The van der Waals surface area contributed by atoms with Gasteiger partial charge < -0.3 is 10.6 Å². The largest absolute Gasteiger partial charge is 0.345 e. The molecule has 0 saturated carbocycles. The first kappa shape index (κ1) is 16.1. The smallest absolute Gasteiger partial charge is 0.226 e. The minimum atomic E-state index is -0.325. The van der Waals surface area contributed by atoms with E-state index in [9.17, 15) is 9.18 Å². The number of halogens is 2. The van der Waals surface area contributed by atoms with Crippen molar-refractivity contribution < 1.29 is 9.18 Å². The summed E-state index contributed by atoms with van der Waals surface area (Å²) in [5.41, 5.74) is 6.34. The summed E-state index contributed by atoms with van der Waals surface area (Å²) in [7, 11) is 1.76. The van der Waals surface area contributed by atoms with Crippen molar-refractivity contribution >= 4 is 21.8 Å². The van der Waals surface area contributed by atoms with Crippen molar-refractivity contribution in [1.29, 1.82) is 0 Å². The van der Waals surface area contributed by atoms with E-state index in [0.29, 0.717) is 17.6 Å². The van der Waals surface area contributed by atoms with Gasteiger partial charge in [0.05, 0.1) is 10.9 Å². The maximum Gasteiger partial charge on any atom is 0.226 e. The molecule has 0 fully saturated rings. The third-order valence-electron chi connectivity index (χ3n) is 2.98. The number of benzene rings is 1. The lowest BCUT2D eigenvalue weighted by Gasteiger charge is -2.29. The Morgan fingerprint density at radius 1 is 1.47 bits per heavy atom. The molecule has 0 aromatic heterocycles. The summed E-state index contributed by atoms with van der Waals surface area (Å²) in [6.07, 6.45) is 0.260. The van der Waals surface area contributed by atoms with Gasteiger partial charge in [-0.05, 0) is 45.6 Å². The molecule has 0 aliphatic heterocycles. The Labute approximate surface area is 122 Å². The summed E-state index contributed by atoms with van der Waals surface area (Å²) in [5, 5.41) is 0. The number of carbonyl (C=O) groups excluding carboxylic acids is 1. The van der Waals surface area contributed by atoms with E-state index in [4.69, 9.17) is 5.73 Å². The van der Waals surface area contributed by atoms with E-state index < -0.39 is 0 Å². The van der Waals surface area contributed by atoms with Gasteiger partial charge in [0.1, 0.15) is 5.82 Å². The van der Waals surface area contributed by atoms with Crippen LogP contribution in [0.3, 0.4) is 0 Å². The zero-order chi connectivity index (χ0) is 14.6. The molecule has 0 aliphatic carbocycles. The van der Waals surface area contributed by atoms with Crippen LogP contribution in [0, 0.1) is 11.2 Å². The van der Waals surface area contributed by atoms with Gasteiger partial charge in [0.2, 0.25) is 5.91 Å². The molecule has 0 spiro atoms. The molecule has 0 saturated heterocycles. The van der Waals surface area contributed by atoms with Gasteiger partial charge in [-0.3, -0.25) is 4.79 Å². The molecule has 3 nitrogen and oxygen atoms in total. The van der Waals surface area contributed by atoms with Crippen LogP contribution in [0.1, 0.15) is 19.4 Å². The molecule has 0 heterocycles. The van der Waals surface area contributed by atoms with Crippen LogP contribution >= 0.6 is 15.9 Å². The quantitative estimate of drug-likeness (QED) is 0.901. The van der Waals surface area contributed by atoms with E-state index >= 15 is 0 Å². The van der Waals surface area contributed by atoms with Crippen LogP contribution in [-0.2, 0) is 11.2 Å². The first-order chi connectivity index (χ1) is 8.75. The number of nitrogens with two attached hydrogens (primary N) is 1. The van der Waals surface area contributed by atoms with Crippen molar-refractivity contribution in [1.82, 2.24) is 4.90 Å². The number of rotatable bonds is 5. The molecule has 0 radical (unpaired) electrons. The standard InChI is InChI=1S/C14H20BrFN2O/c1-14(2,8-17)9-18(3)13(19)7-10-4-5-12(16)11(15)6-10/h4-6H,7-9,17H2,1-3H3. The maximum absolute atomic E-state index is 13.1. The SMILES string of the molecule is CN(CC(C)(C)CN)C(=O)Cc1ccc(F)c(Br)c1. The molecular weight excluding hydrogens is 311 g/mol. The number of hydrogen-bond donors (Lipinski definition) is 1. The van der Waals surface area contributed by atoms with Crippen LogP contribution in [0.5, 0.6) is 0 Å². The van der Waals surface area contributed by atoms with Gasteiger partial charge in [0.25, 0.3) is 0 Å². The Bertz CT molecular complexity index is 463. The molecule has 1 aromatic rings. The fourth-order valence-corrected chi connectivity index (χ4v) is 2.18. The van der Waals surface area contributed by atoms with Crippen molar-refractivity contribution in [3.8, 4) is 0 Å². The van der Waals surface area contributed by atoms with E-state index in [2.05, 4.69) is 15.9 Å². The third kappa shape index (κ3) is 4.91. The van der Waals surface area contributed by atoms with Crippen molar-refractivity contribution in [3.05, 3.63) is 34.1 Å². The van der Waals surface area contributed by atoms with Crippen LogP contribution in [0.25, 0.3) is 0 Å². The third-order valence-corrected chi connectivity index (χ3v) is 3.59. The number of likely N-dealkylation sites (N-methyl/N-ethyl adjacent to an activating group) is 1. The Morgan fingerprint density at radius 3 is 2.63 bits per heavy atom. The van der Waals surface area contributed by atoms with Gasteiger partial charge in [0.15, 0.2) is 0 Å². The molecular formula is C14H20BrFN2O. The number of nitrogens with zero attached hydrogens (tertiary/aromatic N) is 1. The molecule has 106 valence electrons. The summed E-state index contributed by atoms with van der Waals surface area (Å²) in [4.78, 5) is 13.7. The molecule has 19 heavy (non-hydrogen) atoms. The van der Waals surface area contributed by atoms with Crippen LogP contribution in [0.4, 0.5) is 4.39 Å². The van der Waals surface area contributed by atoms with Crippen LogP contribution in [0.2, 0.25) is 0 Å². The molecule has 5 heteroatoms. The summed E-state index contributed by atoms with van der Waals surface area (Å²) >= 11 is 3.12. The topological polar surface area (TPSA) is 46.3 Å². The fraction of sp³-hybridized carbons (Fsp3) is 0.500. The van der Waals surface area contributed by atoms with E-state index in [0.717, 1.165) is 5.56 Å².